The van der Waals surface area contributed by atoms with Gasteiger partial charge in [0.05, 0.1) is 37.0 Å². The summed E-state index contributed by atoms with van der Waals surface area (Å²) in [6.45, 7) is 2.74. The smallest absolute Gasteiger partial charge is 0.231 e. The van der Waals surface area contributed by atoms with Gasteiger partial charge in [0.1, 0.15) is 0 Å². The van der Waals surface area contributed by atoms with Crippen LogP contribution in [0.1, 0.15) is 25.7 Å². The lowest BCUT2D eigenvalue weighted by Crippen LogP contribution is -2.52. The number of hydrogen-bond donors (Lipinski definition) is 1. The van der Waals surface area contributed by atoms with E-state index >= 15 is 0 Å². The van der Waals surface area contributed by atoms with Crippen molar-refractivity contribution in [2.75, 3.05) is 39.9 Å². The molecule has 0 aromatic rings. The zero-order chi connectivity index (χ0) is 14.8. The van der Waals surface area contributed by atoms with Crippen molar-refractivity contribution in [1.82, 2.24) is 10.2 Å². The van der Waals surface area contributed by atoms with Gasteiger partial charge in [-0.05, 0) is 25.9 Å². The summed E-state index contributed by atoms with van der Waals surface area (Å²) in [5.41, 5.74) is -0.509. The van der Waals surface area contributed by atoms with Crippen molar-refractivity contribution in [3.05, 3.63) is 0 Å². The summed E-state index contributed by atoms with van der Waals surface area (Å²) < 4.78 is 5.26. The molecule has 0 bridgehead atoms. The van der Waals surface area contributed by atoms with Crippen LogP contribution in [0.4, 0.5) is 0 Å². The first-order valence-corrected chi connectivity index (χ1v) is 6.93. The van der Waals surface area contributed by atoms with Gasteiger partial charge in [0.2, 0.25) is 5.91 Å². The van der Waals surface area contributed by atoms with Gasteiger partial charge in [0.25, 0.3) is 0 Å². The maximum absolute atomic E-state index is 12.8. The van der Waals surface area contributed by atoms with Gasteiger partial charge >= 0.3 is 0 Å². The summed E-state index contributed by atoms with van der Waals surface area (Å²) in [7, 11) is 1.60. The highest BCUT2D eigenvalue weighted by Crippen LogP contribution is 2.31. The summed E-state index contributed by atoms with van der Waals surface area (Å²) >= 11 is 0. The second-order valence-electron chi connectivity index (χ2n) is 5.07. The lowest BCUT2D eigenvalue weighted by molar-refractivity contribution is -0.147. The van der Waals surface area contributed by atoms with E-state index in [1.54, 1.807) is 12.0 Å². The largest absolute Gasteiger partial charge is 0.384 e. The predicted molar refractivity (Wildman–Crippen MR) is 73.5 cm³/mol. The fraction of sp³-hybridized carbons (Fsp3) is 0.786. The van der Waals surface area contributed by atoms with E-state index in [0.29, 0.717) is 32.5 Å². The minimum Gasteiger partial charge on any atom is -0.384 e. The Kier molecular flexibility index (Phi) is 7.00. The summed E-state index contributed by atoms with van der Waals surface area (Å²) in [6, 6.07) is 4.11. The highest BCUT2D eigenvalue weighted by Gasteiger charge is 2.41. The second-order valence-corrected chi connectivity index (χ2v) is 5.07. The molecule has 0 unspecified atom stereocenters. The fourth-order valence-electron chi connectivity index (χ4n) is 2.62. The standard InChI is InChI=1S/C14H22N4O2/c1-20-12-14(4-8-17-9-5-14)13(19)18(10-2-6-15)11-3-7-16/h17H,2-5,8-12H2,1H3. The number of methoxy groups -OCH3 is 1. The van der Waals surface area contributed by atoms with Gasteiger partial charge in [-0.25, -0.2) is 0 Å². The quantitative estimate of drug-likeness (QED) is 0.739. The van der Waals surface area contributed by atoms with E-state index in [-0.39, 0.29) is 5.91 Å². The first-order chi connectivity index (χ1) is 9.70. The average molecular weight is 278 g/mol. The molecule has 0 radical (unpaired) electrons. The zero-order valence-electron chi connectivity index (χ0n) is 12.0. The van der Waals surface area contributed by atoms with Crippen molar-refractivity contribution in [2.24, 2.45) is 5.41 Å². The lowest BCUT2D eigenvalue weighted by atomic mass is 9.78. The molecule has 20 heavy (non-hydrogen) atoms. The van der Waals surface area contributed by atoms with Crippen LogP contribution in [0.3, 0.4) is 0 Å². The number of carbonyl (C=O) groups is 1. The van der Waals surface area contributed by atoms with Crippen LogP contribution in [0.5, 0.6) is 0 Å². The molecule has 6 heteroatoms. The van der Waals surface area contributed by atoms with Crippen molar-refractivity contribution < 1.29 is 9.53 Å². The van der Waals surface area contributed by atoms with E-state index in [1.807, 2.05) is 0 Å². The second kappa shape index (κ2) is 8.52. The van der Waals surface area contributed by atoms with Crippen LogP contribution < -0.4 is 5.32 Å². The molecule has 0 aromatic heterocycles. The van der Waals surface area contributed by atoms with E-state index in [0.717, 1.165) is 25.9 Å². The van der Waals surface area contributed by atoms with E-state index in [4.69, 9.17) is 15.3 Å². The molecule has 1 N–H and O–H groups in total. The predicted octanol–water partition coefficient (Wildman–Crippen LogP) is 0.659. The minimum atomic E-state index is -0.509. The molecule has 1 rings (SSSR count). The molecule has 0 aromatic carbocycles. The van der Waals surface area contributed by atoms with E-state index in [1.165, 1.54) is 0 Å². The number of piperidine rings is 1. The molecule has 6 nitrogen and oxygen atoms in total. The molecule has 0 spiro atoms. The number of nitriles is 2. The Balaban J connectivity index is 2.82. The van der Waals surface area contributed by atoms with Crippen LogP contribution in [0.15, 0.2) is 0 Å². The molecule has 1 amide bonds. The molecule has 1 saturated heterocycles. The number of rotatable bonds is 7. The van der Waals surface area contributed by atoms with Crippen molar-refractivity contribution in [2.45, 2.75) is 25.7 Å². The first-order valence-electron chi connectivity index (χ1n) is 6.93. The number of carbonyl (C=O) groups excluding carboxylic acids is 1. The van der Waals surface area contributed by atoms with Crippen molar-refractivity contribution in [1.29, 1.82) is 10.5 Å². The fourth-order valence-corrected chi connectivity index (χ4v) is 2.62. The van der Waals surface area contributed by atoms with Gasteiger partial charge in [-0.2, -0.15) is 10.5 Å². The Labute approximate surface area is 120 Å². The Morgan fingerprint density at radius 1 is 1.25 bits per heavy atom. The topological polar surface area (TPSA) is 89.2 Å². The Hall–Kier alpha value is -1.63. The molecule has 1 heterocycles. The minimum absolute atomic E-state index is 0.0198. The van der Waals surface area contributed by atoms with Gasteiger partial charge < -0.3 is 15.0 Å². The third-order valence-electron chi connectivity index (χ3n) is 3.71. The molecular weight excluding hydrogens is 256 g/mol. The zero-order valence-corrected chi connectivity index (χ0v) is 12.0. The van der Waals surface area contributed by atoms with Gasteiger partial charge in [-0.3, -0.25) is 4.79 Å². The van der Waals surface area contributed by atoms with Crippen LogP contribution in [-0.4, -0.2) is 50.7 Å². The number of hydrogen-bond acceptors (Lipinski definition) is 5. The van der Waals surface area contributed by atoms with Gasteiger partial charge in [0, 0.05) is 20.2 Å². The molecule has 1 aliphatic rings. The molecule has 1 aliphatic heterocycles. The molecular formula is C14H22N4O2. The summed E-state index contributed by atoms with van der Waals surface area (Å²) in [5.74, 6) is 0.0198. The monoisotopic (exact) mass is 278 g/mol. The number of ether oxygens (including phenoxy) is 1. The molecule has 0 atom stereocenters. The summed E-state index contributed by atoms with van der Waals surface area (Å²) in [4.78, 5) is 14.5. The van der Waals surface area contributed by atoms with Crippen LogP contribution >= 0.6 is 0 Å². The van der Waals surface area contributed by atoms with Crippen LogP contribution in [-0.2, 0) is 9.53 Å². The van der Waals surface area contributed by atoms with E-state index in [9.17, 15) is 4.79 Å². The summed E-state index contributed by atoms with van der Waals surface area (Å²) in [6.07, 6.45) is 2.04. The third-order valence-corrected chi connectivity index (χ3v) is 3.71. The van der Waals surface area contributed by atoms with Crippen LogP contribution in [0.25, 0.3) is 0 Å². The lowest BCUT2D eigenvalue weighted by Gasteiger charge is -2.39. The number of nitrogens with one attached hydrogen (secondary N) is 1. The maximum Gasteiger partial charge on any atom is 0.231 e. The number of amides is 1. The Morgan fingerprint density at radius 2 is 1.80 bits per heavy atom. The Bertz CT molecular complexity index is 367. The molecule has 0 aliphatic carbocycles. The molecule has 110 valence electrons. The van der Waals surface area contributed by atoms with Crippen molar-refractivity contribution in [3.8, 4) is 12.1 Å². The van der Waals surface area contributed by atoms with Crippen LogP contribution in [0, 0.1) is 28.1 Å². The van der Waals surface area contributed by atoms with Crippen molar-refractivity contribution in [3.63, 3.8) is 0 Å². The molecule has 1 fully saturated rings. The third kappa shape index (κ3) is 4.19. The van der Waals surface area contributed by atoms with Gasteiger partial charge in [0.15, 0.2) is 0 Å². The Morgan fingerprint density at radius 3 is 2.25 bits per heavy atom. The average Bonchev–Trinajstić information content (AvgIpc) is 2.48. The maximum atomic E-state index is 12.8. The van der Waals surface area contributed by atoms with Crippen LogP contribution in [0.2, 0.25) is 0 Å². The van der Waals surface area contributed by atoms with Crippen molar-refractivity contribution >= 4 is 5.91 Å². The van der Waals surface area contributed by atoms with Gasteiger partial charge in [-0.15, -0.1) is 0 Å². The molecule has 0 saturated carbocycles. The van der Waals surface area contributed by atoms with Gasteiger partial charge in [-0.1, -0.05) is 0 Å². The van der Waals surface area contributed by atoms with E-state index in [2.05, 4.69) is 17.5 Å². The normalized spacial score (nSPS) is 16.9. The SMILES string of the molecule is COCC1(C(=O)N(CCC#N)CCC#N)CCNCC1. The number of nitrogens with zero attached hydrogens (tertiary/aromatic N) is 3. The highest BCUT2D eigenvalue weighted by molar-refractivity contribution is 5.83. The summed E-state index contributed by atoms with van der Waals surface area (Å²) in [5, 5.41) is 20.7. The highest BCUT2D eigenvalue weighted by atomic mass is 16.5. The first kappa shape index (κ1) is 16.4. The van der Waals surface area contributed by atoms with E-state index < -0.39 is 5.41 Å².